The van der Waals surface area contributed by atoms with Crippen LogP contribution in [-0.4, -0.2) is 27.1 Å². The van der Waals surface area contributed by atoms with Crippen molar-refractivity contribution in [2.24, 2.45) is 0 Å². The Morgan fingerprint density at radius 3 is 2.31 bits per heavy atom. The van der Waals surface area contributed by atoms with E-state index >= 15 is 0 Å². The fourth-order valence-corrected chi connectivity index (χ4v) is 5.69. The number of para-hydroxylation sites is 3. The number of hydrogen-bond donors (Lipinski definition) is 2. The number of carbonyl (C=O) groups is 1. The van der Waals surface area contributed by atoms with Gasteiger partial charge in [0.2, 0.25) is 0 Å². The van der Waals surface area contributed by atoms with Crippen molar-refractivity contribution in [3.8, 4) is 17.2 Å². The predicted molar refractivity (Wildman–Crippen MR) is 141 cm³/mol. The summed E-state index contributed by atoms with van der Waals surface area (Å²) in [7, 11) is 4.89. The van der Waals surface area contributed by atoms with Crippen LogP contribution in [0.15, 0.2) is 76.4 Å². The van der Waals surface area contributed by atoms with Crippen molar-refractivity contribution >= 4 is 33.1 Å². The number of Topliss-reactive ketones (excluding diaryl/α,β-unsaturated/α-hetero) is 1. The smallest absolute Gasteiger partial charge is 0.174 e. The van der Waals surface area contributed by atoms with Crippen LogP contribution in [0.25, 0.3) is 0 Å². The largest absolute Gasteiger partial charge is 0.496 e. The SMILES string of the molecule is COc1ccccc1C1CC(=O)C2=C(C1)Nc1ccccc1NC2c1cc(Br)c(OC)c(OC)c1. The van der Waals surface area contributed by atoms with Crippen molar-refractivity contribution < 1.29 is 19.0 Å². The minimum absolute atomic E-state index is 0.0213. The van der Waals surface area contributed by atoms with Crippen molar-refractivity contribution in [3.63, 3.8) is 0 Å². The molecule has 0 aromatic heterocycles. The molecule has 1 heterocycles. The fourth-order valence-electron chi connectivity index (χ4n) is 5.07. The molecule has 3 aromatic carbocycles. The van der Waals surface area contributed by atoms with Gasteiger partial charge in [0, 0.05) is 23.6 Å². The molecule has 7 heteroatoms. The first-order valence-corrected chi connectivity index (χ1v) is 12.3. The number of methoxy groups -OCH3 is 3. The van der Waals surface area contributed by atoms with Crippen LogP contribution in [0.5, 0.6) is 17.2 Å². The van der Waals surface area contributed by atoms with Crippen LogP contribution in [0.2, 0.25) is 0 Å². The maximum Gasteiger partial charge on any atom is 0.174 e. The number of nitrogens with one attached hydrogen (secondary N) is 2. The number of fused-ring (bicyclic) bond motifs is 1. The Kier molecular flexibility index (Phi) is 6.43. The molecular formula is C28H27BrN2O4. The number of rotatable bonds is 5. The standard InChI is InChI=1S/C28H27BrN2O4/c1-33-24-11-7-4-8-18(24)16-13-22-26(23(32)14-16)27(31-21-10-6-5-9-20(21)30-22)17-12-19(29)28(35-3)25(15-17)34-2/h4-12,15-16,27,30-31H,13-14H2,1-3H3. The van der Waals surface area contributed by atoms with Gasteiger partial charge in [-0.05, 0) is 63.8 Å². The first-order valence-electron chi connectivity index (χ1n) is 11.5. The quantitative estimate of drug-likeness (QED) is 0.391. The molecule has 0 amide bonds. The second kappa shape index (κ2) is 9.66. The molecular weight excluding hydrogens is 508 g/mol. The van der Waals surface area contributed by atoms with Crippen LogP contribution < -0.4 is 24.8 Å². The number of ether oxygens (including phenoxy) is 3. The second-order valence-corrected chi connectivity index (χ2v) is 9.50. The van der Waals surface area contributed by atoms with E-state index in [-0.39, 0.29) is 17.7 Å². The van der Waals surface area contributed by atoms with Crippen LogP contribution in [-0.2, 0) is 4.79 Å². The molecule has 180 valence electrons. The van der Waals surface area contributed by atoms with E-state index in [2.05, 4.69) is 26.6 Å². The molecule has 2 aliphatic rings. The summed E-state index contributed by atoms with van der Waals surface area (Å²) in [6.45, 7) is 0. The number of allylic oxidation sites excluding steroid dienone is 1. The van der Waals surface area contributed by atoms with Gasteiger partial charge in [0.15, 0.2) is 17.3 Å². The molecule has 35 heavy (non-hydrogen) atoms. The Balaban J connectivity index is 1.64. The van der Waals surface area contributed by atoms with Gasteiger partial charge in [-0.3, -0.25) is 4.79 Å². The van der Waals surface area contributed by atoms with E-state index in [9.17, 15) is 4.79 Å². The van der Waals surface area contributed by atoms with Gasteiger partial charge in [-0.25, -0.2) is 0 Å². The summed E-state index contributed by atoms with van der Waals surface area (Å²) in [5.74, 6) is 2.14. The topological polar surface area (TPSA) is 68.8 Å². The number of carbonyl (C=O) groups excluding carboxylic acids is 1. The highest BCUT2D eigenvalue weighted by molar-refractivity contribution is 9.10. The Morgan fingerprint density at radius 2 is 1.57 bits per heavy atom. The molecule has 3 aromatic rings. The first kappa shape index (κ1) is 23.3. The van der Waals surface area contributed by atoms with Gasteiger partial charge in [-0.1, -0.05) is 30.3 Å². The molecule has 0 spiro atoms. The molecule has 1 aliphatic carbocycles. The van der Waals surface area contributed by atoms with Gasteiger partial charge in [0.1, 0.15) is 5.75 Å². The van der Waals surface area contributed by atoms with Gasteiger partial charge in [0.25, 0.3) is 0 Å². The Labute approximate surface area is 213 Å². The van der Waals surface area contributed by atoms with E-state index in [4.69, 9.17) is 14.2 Å². The van der Waals surface area contributed by atoms with Crippen LogP contribution in [0.1, 0.15) is 35.9 Å². The van der Waals surface area contributed by atoms with Crippen molar-refractivity contribution in [1.82, 2.24) is 0 Å². The summed E-state index contributed by atoms with van der Waals surface area (Å²) in [5.41, 5.74) is 5.49. The monoisotopic (exact) mass is 534 g/mol. The summed E-state index contributed by atoms with van der Waals surface area (Å²) in [6, 6.07) is 19.5. The van der Waals surface area contributed by atoms with Crippen LogP contribution in [0.4, 0.5) is 11.4 Å². The van der Waals surface area contributed by atoms with Crippen molar-refractivity contribution in [2.45, 2.75) is 24.8 Å². The summed E-state index contributed by atoms with van der Waals surface area (Å²) in [4.78, 5) is 13.8. The summed E-state index contributed by atoms with van der Waals surface area (Å²) < 4.78 is 17.5. The lowest BCUT2D eigenvalue weighted by molar-refractivity contribution is -0.116. The van der Waals surface area contributed by atoms with Crippen molar-refractivity contribution in [2.75, 3.05) is 32.0 Å². The number of hydrogen-bond acceptors (Lipinski definition) is 6. The number of benzene rings is 3. The first-order chi connectivity index (χ1) is 17.0. The number of halogens is 1. The zero-order chi connectivity index (χ0) is 24.5. The summed E-state index contributed by atoms with van der Waals surface area (Å²) in [6.07, 6.45) is 1.10. The lowest BCUT2D eigenvalue weighted by Crippen LogP contribution is -2.27. The van der Waals surface area contributed by atoms with Crippen molar-refractivity contribution in [3.05, 3.63) is 87.5 Å². The Bertz CT molecular complexity index is 1320. The zero-order valence-corrected chi connectivity index (χ0v) is 21.4. The molecule has 0 bridgehead atoms. The normalized spacial score (nSPS) is 19.0. The highest BCUT2D eigenvalue weighted by atomic mass is 79.9. The minimum Gasteiger partial charge on any atom is -0.496 e. The molecule has 5 rings (SSSR count). The minimum atomic E-state index is -0.358. The molecule has 1 aliphatic heterocycles. The lowest BCUT2D eigenvalue weighted by atomic mass is 9.78. The average molecular weight is 535 g/mol. The third-order valence-corrected chi connectivity index (χ3v) is 7.27. The summed E-state index contributed by atoms with van der Waals surface area (Å²) >= 11 is 3.61. The molecule has 0 saturated carbocycles. The Hall–Kier alpha value is -3.45. The fraction of sp³-hybridized carbons (Fsp3) is 0.250. The third-order valence-electron chi connectivity index (χ3n) is 6.68. The molecule has 2 atom stereocenters. The molecule has 2 unspecified atom stereocenters. The molecule has 0 saturated heterocycles. The Morgan fingerprint density at radius 1 is 0.857 bits per heavy atom. The van der Waals surface area contributed by atoms with Crippen molar-refractivity contribution in [1.29, 1.82) is 0 Å². The maximum atomic E-state index is 13.8. The van der Waals surface area contributed by atoms with E-state index in [1.54, 1.807) is 21.3 Å². The van der Waals surface area contributed by atoms with Gasteiger partial charge in [0.05, 0.1) is 43.2 Å². The van der Waals surface area contributed by atoms with E-state index in [1.807, 2.05) is 60.7 Å². The van der Waals surface area contributed by atoms with Gasteiger partial charge < -0.3 is 24.8 Å². The van der Waals surface area contributed by atoms with E-state index < -0.39 is 0 Å². The van der Waals surface area contributed by atoms with Gasteiger partial charge in [-0.2, -0.15) is 0 Å². The lowest BCUT2D eigenvalue weighted by Gasteiger charge is -2.30. The molecule has 6 nitrogen and oxygen atoms in total. The van der Waals surface area contributed by atoms with Gasteiger partial charge >= 0.3 is 0 Å². The van der Waals surface area contributed by atoms with Crippen LogP contribution in [0.3, 0.4) is 0 Å². The molecule has 0 fully saturated rings. The molecule has 2 N–H and O–H groups in total. The van der Waals surface area contributed by atoms with Crippen LogP contribution in [0, 0.1) is 0 Å². The number of anilines is 2. The van der Waals surface area contributed by atoms with Crippen LogP contribution >= 0.6 is 15.9 Å². The zero-order valence-electron chi connectivity index (χ0n) is 19.9. The average Bonchev–Trinajstić information content (AvgIpc) is 3.05. The highest BCUT2D eigenvalue weighted by Crippen LogP contribution is 2.47. The molecule has 0 radical (unpaired) electrons. The second-order valence-electron chi connectivity index (χ2n) is 8.65. The maximum absolute atomic E-state index is 13.8. The predicted octanol–water partition coefficient (Wildman–Crippen LogP) is 6.45. The van der Waals surface area contributed by atoms with E-state index in [0.717, 1.165) is 44.0 Å². The summed E-state index contributed by atoms with van der Waals surface area (Å²) in [5, 5.41) is 7.20. The third kappa shape index (κ3) is 4.25. The van der Waals surface area contributed by atoms with Gasteiger partial charge in [-0.15, -0.1) is 0 Å². The highest BCUT2D eigenvalue weighted by Gasteiger charge is 2.37. The van der Waals surface area contributed by atoms with E-state index in [1.165, 1.54) is 0 Å². The van der Waals surface area contributed by atoms with E-state index in [0.29, 0.717) is 24.3 Å². The number of ketones is 1.